The third-order valence-electron chi connectivity index (χ3n) is 5.90. The van der Waals surface area contributed by atoms with Crippen molar-refractivity contribution in [1.29, 1.82) is 0 Å². The number of likely N-dealkylation sites (N-methyl/N-ethyl adjacent to an activating group) is 1. The van der Waals surface area contributed by atoms with E-state index in [1.54, 1.807) is 30.3 Å². The summed E-state index contributed by atoms with van der Waals surface area (Å²) in [6, 6.07) is 11.6. The summed E-state index contributed by atoms with van der Waals surface area (Å²) in [6.07, 6.45) is 0. The van der Waals surface area contributed by atoms with Crippen molar-refractivity contribution in [2.24, 2.45) is 5.92 Å². The molecule has 2 aromatic carbocycles. The number of quaternary nitrogens is 1. The Balaban J connectivity index is 2.06. The smallest absolute Gasteiger partial charge is 0.295 e. The summed E-state index contributed by atoms with van der Waals surface area (Å²) < 4.78 is 11.4. The number of rotatable bonds is 10. The predicted molar refractivity (Wildman–Crippen MR) is 133 cm³/mol. The molecule has 1 heterocycles. The van der Waals surface area contributed by atoms with Gasteiger partial charge in [0.05, 0.1) is 46.4 Å². The van der Waals surface area contributed by atoms with E-state index < -0.39 is 23.5 Å². The minimum atomic E-state index is -0.741. The minimum absolute atomic E-state index is 0.0110. The zero-order chi connectivity index (χ0) is 25.7. The summed E-state index contributed by atoms with van der Waals surface area (Å²) in [6.45, 7) is 10.0. The van der Waals surface area contributed by atoms with Crippen LogP contribution in [0.4, 0.5) is 0 Å². The fraction of sp³-hybridized carbons (Fsp3) is 0.429. The van der Waals surface area contributed by atoms with Gasteiger partial charge in [0.15, 0.2) is 0 Å². The monoisotopic (exact) mass is 480 g/mol. The molecule has 0 spiro atoms. The van der Waals surface area contributed by atoms with Gasteiger partial charge in [0.2, 0.25) is 5.78 Å². The van der Waals surface area contributed by atoms with Gasteiger partial charge in [-0.05, 0) is 60.7 Å². The Hall–Kier alpha value is -3.32. The molecule has 1 amide bonds. The first-order valence-corrected chi connectivity index (χ1v) is 12.2. The summed E-state index contributed by atoms with van der Waals surface area (Å²) >= 11 is 0. The van der Waals surface area contributed by atoms with Crippen LogP contribution in [0, 0.1) is 12.8 Å². The van der Waals surface area contributed by atoms with Crippen molar-refractivity contribution in [2.45, 2.75) is 33.7 Å². The summed E-state index contributed by atoms with van der Waals surface area (Å²) in [5.74, 6) is -0.0365. The van der Waals surface area contributed by atoms with Crippen molar-refractivity contribution in [3.8, 4) is 11.5 Å². The second-order valence-corrected chi connectivity index (χ2v) is 9.62. The van der Waals surface area contributed by atoms with Crippen LogP contribution >= 0.6 is 0 Å². The van der Waals surface area contributed by atoms with Crippen molar-refractivity contribution in [3.63, 3.8) is 0 Å². The van der Waals surface area contributed by atoms with Crippen LogP contribution in [0.3, 0.4) is 0 Å². The van der Waals surface area contributed by atoms with Crippen molar-refractivity contribution < 1.29 is 29.1 Å². The van der Waals surface area contributed by atoms with Gasteiger partial charge in [0, 0.05) is 5.57 Å². The van der Waals surface area contributed by atoms with Gasteiger partial charge in [0.25, 0.3) is 5.91 Å². The topological polar surface area (TPSA) is 83.3 Å². The maximum atomic E-state index is 13.7. The number of Topliss-reactive ketones (excluding diaryl/α,β-unsaturated/α-hetero) is 1. The van der Waals surface area contributed by atoms with Gasteiger partial charge in [-0.15, -0.1) is 0 Å². The molecular weight excluding hydrogens is 444 g/mol. The van der Waals surface area contributed by atoms with Gasteiger partial charge in [-0.25, -0.2) is 0 Å². The number of nitrogens with zero attached hydrogens (tertiary/aromatic N) is 1. The SMILES string of the molecule is CCOc1ccc(C2C(=C([O-])c3ccc(OCC(C)C)c(C)c3)C(=O)C(=O)N2CC[NH+](C)C)cc1. The molecule has 1 aliphatic rings. The standard InChI is InChI=1S/C28H36N2O5/c1-7-34-22-11-8-20(9-12-22)25-24(27(32)28(33)30(25)15-14-29(5)6)26(31)21-10-13-23(19(4)16-21)35-17-18(2)3/h8-13,16,18,25,31H,7,14-15,17H2,1-6H3. The fourth-order valence-corrected chi connectivity index (χ4v) is 4.07. The highest BCUT2D eigenvalue weighted by molar-refractivity contribution is 6.46. The highest BCUT2D eigenvalue weighted by Crippen LogP contribution is 2.39. The Morgan fingerprint density at radius 1 is 1.09 bits per heavy atom. The molecule has 0 aliphatic carbocycles. The number of carbonyl (C=O) groups is 2. The van der Waals surface area contributed by atoms with Crippen LogP contribution in [-0.2, 0) is 9.59 Å². The molecule has 0 aromatic heterocycles. The largest absolute Gasteiger partial charge is 0.872 e. The second kappa shape index (κ2) is 11.4. The summed E-state index contributed by atoms with van der Waals surface area (Å²) in [4.78, 5) is 28.8. The van der Waals surface area contributed by atoms with Gasteiger partial charge < -0.3 is 24.4 Å². The van der Waals surface area contributed by atoms with Crippen LogP contribution < -0.4 is 19.5 Å². The quantitative estimate of drug-likeness (QED) is 0.319. The van der Waals surface area contributed by atoms with E-state index in [9.17, 15) is 14.7 Å². The maximum absolute atomic E-state index is 13.7. The van der Waals surface area contributed by atoms with E-state index in [0.29, 0.717) is 54.8 Å². The maximum Gasteiger partial charge on any atom is 0.295 e. The highest BCUT2D eigenvalue weighted by Gasteiger charge is 2.44. The Morgan fingerprint density at radius 2 is 1.77 bits per heavy atom. The van der Waals surface area contributed by atoms with E-state index in [1.807, 2.05) is 40.1 Å². The van der Waals surface area contributed by atoms with Gasteiger partial charge >= 0.3 is 0 Å². The van der Waals surface area contributed by atoms with Crippen molar-refractivity contribution >= 4 is 17.4 Å². The van der Waals surface area contributed by atoms with Crippen molar-refractivity contribution in [3.05, 3.63) is 64.7 Å². The normalized spacial score (nSPS) is 17.5. The Kier molecular flexibility index (Phi) is 8.57. The lowest BCUT2D eigenvalue weighted by Gasteiger charge is -2.28. The van der Waals surface area contributed by atoms with E-state index in [4.69, 9.17) is 9.47 Å². The number of benzene rings is 2. The molecule has 1 N–H and O–H groups in total. The molecular formula is C28H36N2O5. The molecule has 0 radical (unpaired) electrons. The third-order valence-corrected chi connectivity index (χ3v) is 5.90. The van der Waals surface area contributed by atoms with E-state index in [2.05, 4.69) is 13.8 Å². The van der Waals surface area contributed by atoms with Crippen molar-refractivity contribution in [1.82, 2.24) is 4.90 Å². The number of hydrogen-bond donors (Lipinski definition) is 1. The van der Waals surface area contributed by atoms with Crippen LogP contribution in [0.1, 0.15) is 43.5 Å². The first-order valence-electron chi connectivity index (χ1n) is 12.2. The summed E-state index contributed by atoms with van der Waals surface area (Å²) in [5, 5.41) is 13.7. The molecule has 7 heteroatoms. The number of nitrogens with one attached hydrogen (secondary N) is 1. The van der Waals surface area contributed by atoms with Crippen LogP contribution in [-0.4, -0.2) is 57.0 Å². The van der Waals surface area contributed by atoms with Crippen LogP contribution in [0.5, 0.6) is 11.5 Å². The van der Waals surface area contributed by atoms with Crippen LogP contribution in [0.2, 0.25) is 0 Å². The Bertz CT molecular complexity index is 1090. The molecule has 1 aliphatic heterocycles. The van der Waals surface area contributed by atoms with E-state index in [1.165, 1.54) is 4.90 Å². The van der Waals surface area contributed by atoms with Crippen LogP contribution in [0.15, 0.2) is 48.0 Å². The van der Waals surface area contributed by atoms with Gasteiger partial charge in [-0.3, -0.25) is 9.59 Å². The zero-order valence-electron chi connectivity index (χ0n) is 21.5. The third kappa shape index (κ3) is 6.03. The molecule has 1 atom stereocenters. The second-order valence-electron chi connectivity index (χ2n) is 9.62. The molecule has 0 bridgehead atoms. The molecule has 3 rings (SSSR count). The highest BCUT2D eigenvalue weighted by atomic mass is 16.5. The lowest BCUT2D eigenvalue weighted by Crippen LogP contribution is -3.06. The fourth-order valence-electron chi connectivity index (χ4n) is 4.07. The van der Waals surface area contributed by atoms with E-state index >= 15 is 0 Å². The number of likely N-dealkylation sites (tertiary alicyclic amines) is 1. The first-order chi connectivity index (χ1) is 16.6. The van der Waals surface area contributed by atoms with Gasteiger partial charge in [-0.2, -0.15) is 0 Å². The first kappa shape index (κ1) is 26.3. The lowest BCUT2D eigenvalue weighted by molar-refractivity contribution is -0.857. The number of carbonyl (C=O) groups excluding carboxylic acids is 2. The molecule has 2 aromatic rings. The molecule has 35 heavy (non-hydrogen) atoms. The Morgan fingerprint density at radius 3 is 2.34 bits per heavy atom. The number of hydrogen-bond acceptors (Lipinski definition) is 5. The van der Waals surface area contributed by atoms with Gasteiger partial charge in [0.1, 0.15) is 11.5 Å². The minimum Gasteiger partial charge on any atom is -0.872 e. The summed E-state index contributed by atoms with van der Waals surface area (Å²) in [5.41, 5.74) is 1.87. The molecule has 7 nitrogen and oxygen atoms in total. The molecule has 1 saturated heterocycles. The zero-order valence-corrected chi connectivity index (χ0v) is 21.5. The number of ketones is 1. The average molecular weight is 481 g/mol. The number of aryl methyl sites for hydroxylation is 1. The van der Waals surface area contributed by atoms with E-state index in [-0.39, 0.29) is 5.57 Å². The summed E-state index contributed by atoms with van der Waals surface area (Å²) in [7, 11) is 3.96. The Labute approximate surface area is 207 Å². The molecule has 1 fully saturated rings. The van der Waals surface area contributed by atoms with Crippen molar-refractivity contribution in [2.75, 3.05) is 40.4 Å². The number of ether oxygens (including phenoxy) is 2. The van der Waals surface area contributed by atoms with Crippen LogP contribution in [0.25, 0.3) is 5.76 Å². The average Bonchev–Trinajstić information content (AvgIpc) is 3.06. The predicted octanol–water partition coefficient (Wildman–Crippen LogP) is 1.80. The van der Waals surface area contributed by atoms with Gasteiger partial charge in [-0.1, -0.05) is 37.8 Å². The molecule has 1 unspecified atom stereocenters. The lowest BCUT2D eigenvalue weighted by atomic mass is 9.94. The molecule has 0 saturated carbocycles. The van der Waals surface area contributed by atoms with E-state index in [0.717, 1.165) is 10.5 Å². The molecule has 188 valence electrons. The number of amides is 1.